The summed E-state index contributed by atoms with van der Waals surface area (Å²) < 4.78 is 5.14. The van der Waals surface area contributed by atoms with Crippen molar-refractivity contribution in [3.05, 3.63) is 29.8 Å². The minimum atomic E-state index is -1.82. The molecule has 1 aromatic rings. The van der Waals surface area contributed by atoms with E-state index in [-0.39, 0.29) is 0 Å². The normalized spacial score (nSPS) is 14.7. The molecule has 1 fully saturated rings. The molecule has 0 bridgehead atoms. The minimum Gasteiger partial charge on any atom is -0.497 e. The number of carboxylic acids is 2. The summed E-state index contributed by atoms with van der Waals surface area (Å²) in [4.78, 5) is 20.7. The van der Waals surface area contributed by atoms with Gasteiger partial charge in [-0.05, 0) is 17.7 Å². The molecule has 1 aliphatic heterocycles. The van der Waals surface area contributed by atoms with Gasteiger partial charge in [-0.25, -0.2) is 9.59 Å². The highest BCUT2D eigenvalue weighted by Gasteiger charge is 2.09. The molecule has 2 rings (SSSR count). The van der Waals surface area contributed by atoms with Gasteiger partial charge in [0.2, 0.25) is 0 Å². The van der Waals surface area contributed by atoms with Crippen LogP contribution in [-0.2, 0) is 16.1 Å². The van der Waals surface area contributed by atoms with Crippen molar-refractivity contribution < 1.29 is 24.5 Å². The maximum atomic E-state index is 9.10. The number of nitrogens with one attached hydrogen (secondary N) is 1. The Hall–Kier alpha value is -2.12. The zero-order chi connectivity index (χ0) is 15.7. The van der Waals surface area contributed by atoms with E-state index in [4.69, 9.17) is 24.5 Å². The molecule has 3 N–H and O–H groups in total. The van der Waals surface area contributed by atoms with Gasteiger partial charge in [0.25, 0.3) is 0 Å². The van der Waals surface area contributed by atoms with Crippen molar-refractivity contribution in [2.75, 3.05) is 33.3 Å². The van der Waals surface area contributed by atoms with Crippen LogP contribution >= 0.6 is 0 Å². The van der Waals surface area contributed by atoms with E-state index in [1.807, 2.05) is 12.1 Å². The predicted molar refractivity (Wildman–Crippen MR) is 76.4 cm³/mol. The third kappa shape index (κ3) is 6.73. The van der Waals surface area contributed by atoms with Gasteiger partial charge in [0, 0.05) is 32.7 Å². The second-order valence-electron chi connectivity index (χ2n) is 4.48. The Bertz CT molecular complexity index is 443. The highest BCUT2D eigenvalue weighted by atomic mass is 16.5. The number of aliphatic carboxylic acids is 2. The first-order valence-electron chi connectivity index (χ1n) is 6.55. The van der Waals surface area contributed by atoms with Gasteiger partial charge >= 0.3 is 11.9 Å². The summed E-state index contributed by atoms with van der Waals surface area (Å²) >= 11 is 0. The van der Waals surface area contributed by atoms with Crippen LogP contribution in [-0.4, -0.2) is 60.3 Å². The molecule has 0 radical (unpaired) electrons. The Morgan fingerprint density at radius 3 is 2.10 bits per heavy atom. The van der Waals surface area contributed by atoms with Crippen LogP contribution < -0.4 is 10.1 Å². The number of rotatable bonds is 3. The third-order valence-electron chi connectivity index (χ3n) is 2.96. The lowest BCUT2D eigenvalue weighted by Crippen LogP contribution is -2.42. The standard InChI is InChI=1S/C12H18N2O.C2H2O4/c1-15-12-4-2-11(3-5-12)10-14-8-6-13-7-9-14;3-1(4)2(5)6/h2-5,13H,6-10H2,1H3;(H,3,4)(H,5,6). The van der Waals surface area contributed by atoms with Gasteiger partial charge in [-0.3, -0.25) is 4.90 Å². The number of nitrogens with zero attached hydrogens (tertiary/aromatic N) is 1. The highest BCUT2D eigenvalue weighted by molar-refractivity contribution is 6.27. The van der Waals surface area contributed by atoms with Crippen LogP contribution in [0.2, 0.25) is 0 Å². The average Bonchev–Trinajstić information content (AvgIpc) is 2.49. The Balaban J connectivity index is 0.000000315. The van der Waals surface area contributed by atoms with E-state index < -0.39 is 11.9 Å². The van der Waals surface area contributed by atoms with Gasteiger partial charge in [0.1, 0.15) is 5.75 Å². The van der Waals surface area contributed by atoms with Crippen molar-refractivity contribution in [2.24, 2.45) is 0 Å². The first kappa shape index (κ1) is 16.9. The van der Waals surface area contributed by atoms with Crippen LogP contribution in [0.25, 0.3) is 0 Å². The summed E-state index contributed by atoms with van der Waals surface area (Å²) in [6.45, 7) is 5.55. The van der Waals surface area contributed by atoms with Gasteiger partial charge in [-0.2, -0.15) is 0 Å². The van der Waals surface area contributed by atoms with Crippen LogP contribution in [0.15, 0.2) is 24.3 Å². The number of benzene rings is 1. The van der Waals surface area contributed by atoms with Gasteiger partial charge in [-0.15, -0.1) is 0 Å². The van der Waals surface area contributed by atoms with Crippen molar-refractivity contribution >= 4 is 11.9 Å². The van der Waals surface area contributed by atoms with E-state index in [1.54, 1.807) is 7.11 Å². The van der Waals surface area contributed by atoms with E-state index in [1.165, 1.54) is 5.56 Å². The maximum Gasteiger partial charge on any atom is 0.414 e. The number of ether oxygens (including phenoxy) is 1. The summed E-state index contributed by atoms with van der Waals surface area (Å²) in [7, 11) is 1.70. The molecule has 1 aromatic carbocycles. The smallest absolute Gasteiger partial charge is 0.414 e. The molecule has 0 spiro atoms. The van der Waals surface area contributed by atoms with Crippen LogP contribution in [0.4, 0.5) is 0 Å². The summed E-state index contributed by atoms with van der Waals surface area (Å²) in [5.41, 5.74) is 1.36. The van der Waals surface area contributed by atoms with Crippen molar-refractivity contribution in [1.29, 1.82) is 0 Å². The number of hydrogen-bond donors (Lipinski definition) is 3. The van der Waals surface area contributed by atoms with Crippen LogP contribution in [0.5, 0.6) is 5.75 Å². The summed E-state index contributed by atoms with van der Waals surface area (Å²) in [5.74, 6) is -2.72. The fourth-order valence-corrected chi connectivity index (χ4v) is 1.86. The second-order valence-corrected chi connectivity index (χ2v) is 4.48. The zero-order valence-electron chi connectivity index (χ0n) is 11.9. The predicted octanol–water partition coefficient (Wildman–Crippen LogP) is 0.256. The number of methoxy groups -OCH3 is 1. The molecule has 0 aliphatic carbocycles. The average molecular weight is 296 g/mol. The van der Waals surface area contributed by atoms with Crippen LogP contribution in [0.1, 0.15) is 5.56 Å². The van der Waals surface area contributed by atoms with E-state index in [2.05, 4.69) is 22.3 Å². The minimum absolute atomic E-state index is 0.930. The molecule has 21 heavy (non-hydrogen) atoms. The Morgan fingerprint density at radius 2 is 1.67 bits per heavy atom. The molecule has 116 valence electrons. The van der Waals surface area contributed by atoms with Crippen LogP contribution in [0.3, 0.4) is 0 Å². The lowest BCUT2D eigenvalue weighted by molar-refractivity contribution is -0.159. The van der Waals surface area contributed by atoms with Crippen molar-refractivity contribution in [3.63, 3.8) is 0 Å². The Labute approximate surface area is 123 Å². The first-order chi connectivity index (χ1) is 10.0. The zero-order valence-corrected chi connectivity index (χ0v) is 11.9. The molecule has 0 amide bonds. The number of carbonyl (C=O) groups is 2. The molecule has 7 heteroatoms. The number of hydrogen-bond acceptors (Lipinski definition) is 5. The maximum absolute atomic E-state index is 9.10. The summed E-state index contributed by atoms with van der Waals surface area (Å²) in [6, 6.07) is 8.33. The molecule has 1 aliphatic rings. The van der Waals surface area contributed by atoms with E-state index in [9.17, 15) is 0 Å². The van der Waals surface area contributed by atoms with Gasteiger partial charge in [0.05, 0.1) is 7.11 Å². The van der Waals surface area contributed by atoms with Gasteiger partial charge in [0.15, 0.2) is 0 Å². The third-order valence-corrected chi connectivity index (χ3v) is 2.96. The lowest BCUT2D eigenvalue weighted by Gasteiger charge is -2.27. The quantitative estimate of drug-likeness (QED) is 0.688. The second kappa shape index (κ2) is 8.93. The molecule has 7 nitrogen and oxygen atoms in total. The van der Waals surface area contributed by atoms with Crippen molar-refractivity contribution in [1.82, 2.24) is 10.2 Å². The molecular formula is C14H20N2O5. The van der Waals surface area contributed by atoms with Gasteiger partial charge in [-0.1, -0.05) is 12.1 Å². The van der Waals surface area contributed by atoms with Crippen molar-refractivity contribution in [3.8, 4) is 5.75 Å². The molecule has 0 saturated carbocycles. The lowest BCUT2D eigenvalue weighted by atomic mass is 10.2. The molecule has 1 saturated heterocycles. The molecule has 0 aromatic heterocycles. The van der Waals surface area contributed by atoms with E-state index >= 15 is 0 Å². The SMILES string of the molecule is COc1ccc(CN2CCNCC2)cc1.O=C(O)C(=O)O. The largest absolute Gasteiger partial charge is 0.497 e. The fourth-order valence-electron chi connectivity index (χ4n) is 1.86. The summed E-state index contributed by atoms with van der Waals surface area (Å²) in [5, 5.41) is 18.1. The summed E-state index contributed by atoms with van der Waals surface area (Å²) in [6.07, 6.45) is 0. The molecular weight excluding hydrogens is 276 g/mol. The molecule has 0 atom stereocenters. The fraction of sp³-hybridized carbons (Fsp3) is 0.429. The molecule has 0 unspecified atom stereocenters. The van der Waals surface area contributed by atoms with E-state index in [0.717, 1.165) is 38.5 Å². The highest BCUT2D eigenvalue weighted by Crippen LogP contribution is 2.13. The Morgan fingerprint density at radius 1 is 1.14 bits per heavy atom. The van der Waals surface area contributed by atoms with Gasteiger partial charge < -0.3 is 20.3 Å². The molecule has 1 heterocycles. The van der Waals surface area contributed by atoms with Crippen molar-refractivity contribution in [2.45, 2.75) is 6.54 Å². The topological polar surface area (TPSA) is 99.1 Å². The number of piperazine rings is 1. The number of carboxylic acid groups (broad SMARTS) is 2. The van der Waals surface area contributed by atoms with Crippen LogP contribution in [0, 0.1) is 0 Å². The Kier molecular flexibility index (Phi) is 7.20. The monoisotopic (exact) mass is 296 g/mol. The van der Waals surface area contributed by atoms with E-state index in [0.29, 0.717) is 0 Å². The first-order valence-corrected chi connectivity index (χ1v) is 6.55.